The Morgan fingerprint density at radius 3 is 2.59 bits per heavy atom. The van der Waals surface area contributed by atoms with Crippen LogP contribution in [0.4, 0.5) is 17.2 Å². The zero-order valence-corrected chi connectivity index (χ0v) is 19.0. The molecular weight excluding hydrogens is 398 g/mol. The van der Waals surface area contributed by atoms with Gasteiger partial charge in [0.1, 0.15) is 5.82 Å². The fraction of sp³-hybridized carbons (Fsp3) is 0.538. The summed E-state index contributed by atoms with van der Waals surface area (Å²) in [5, 5.41) is 0. The summed E-state index contributed by atoms with van der Waals surface area (Å²) in [6, 6.07) is 14.2. The maximum Gasteiger partial charge on any atom is 0.217 e. The van der Waals surface area contributed by atoms with E-state index in [1.54, 1.807) is 0 Å². The van der Waals surface area contributed by atoms with E-state index in [4.69, 9.17) is 10.7 Å². The van der Waals surface area contributed by atoms with Crippen LogP contribution in [-0.2, 0) is 11.2 Å². The molecule has 4 heterocycles. The minimum atomic E-state index is -0.237. The third kappa shape index (κ3) is 4.41. The third-order valence-electron chi connectivity index (χ3n) is 7.46. The largest absolute Gasteiger partial charge is 0.371 e. The number of nitrogens with two attached hydrogens (primary N) is 1. The van der Waals surface area contributed by atoms with E-state index in [1.165, 1.54) is 49.0 Å². The summed E-state index contributed by atoms with van der Waals surface area (Å²) in [5.41, 5.74) is 9.15. The Morgan fingerprint density at radius 2 is 1.75 bits per heavy atom. The predicted molar refractivity (Wildman–Crippen MR) is 130 cm³/mol. The van der Waals surface area contributed by atoms with Crippen molar-refractivity contribution in [2.75, 3.05) is 40.9 Å². The second-order valence-electron chi connectivity index (χ2n) is 9.51. The molecule has 1 aromatic carbocycles. The van der Waals surface area contributed by atoms with Gasteiger partial charge in [0.25, 0.3) is 0 Å². The Labute approximate surface area is 191 Å². The molecule has 1 aromatic heterocycles. The quantitative estimate of drug-likeness (QED) is 0.752. The summed E-state index contributed by atoms with van der Waals surface area (Å²) in [4.78, 5) is 23.7. The number of hydrogen-bond donors (Lipinski definition) is 1. The van der Waals surface area contributed by atoms with Crippen molar-refractivity contribution in [1.29, 1.82) is 0 Å². The highest BCUT2D eigenvalue weighted by Crippen LogP contribution is 2.37. The average Bonchev–Trinajstić information content (AvgIpc) is 3.28. The molecule has 2 N–H and O–H groups in total. The van der Waals surface area contributed by atoms with Crippen molar-refractivity contribution in [2.45, 2.75) is 63.5 Å². The van der Waals surface area contributed by atoms with Gasteiger partial charge in [0.05, 0.1) is 12.1 Å². The topological polar surface area (TPSA) is 65.7 Å². The Hall–Kier alpha value is -2.76. The molecule has 6 heteroatoms. The number of aryl methyl sites for hydroxylation is 1. The summed E-state index contributed by atoms with van der Waals surface area (Å²) in [6.07, 6.45) is 10.6. The summed E-state index contributed by atoms with van der Waals surface area (Å²) < 4.78 is 0. The van der Waals surface area contributed by atoms with Crippen molar-refractivity contribution in [3.63, 3.8) is 0 Å². The second kappa shape index (κ2) is 9.39. The third-order valence-corrected chi connectivity index (χ3v) is 7.46. The molecule has 0 spiro atoms. The zero-order chi connectivity index (χ0) is 21.9. The SMILES string of the molecule is NC(=O)CCc1cccc(N2CCCC3C2CCN3c2cc(N3CCCCC3)ccn2)c1. The molecule has 3 aliphatic heterocycles. The molecule has 0 bridgehead atoms. The van der Waals surface area contributed by atoms with E-state index in [-0.39, 0.29) is 5.91 Å². The highest BCUT2D eigenvalue weighted by atomic mass is 16.1. The minimum Gasteiger partial charge on any atom is -0.371 e. The number of aromatic nitrogens is 1. The van der Waals surface area contributed by atoms with E-state index >= 15 is 0 Å². The van der Waals surface area contributed by atoms with Gasteiger partial charge in [-0.2, -0.15) is 0 Å². The van der Waals surface area contributed by atoms with Crippen molar-refractivity contribution in [2.24, 2.45) is 5.73 Å². The van der Waals surface area contributed by atoms with Gasteiger partial charge in [0, 0.05) is 56.2 Å². The molecule has 0 radical (unpaired) electrons. The maximum absolute atomic E-state index is 11.2. The highest BCUT2D eigenvalue weighted by Gasteiger charge is 2.41. The number of piperidine rings is 2. The zero-order valence-electron chi connectivity index (χ0n) is 19.0. The van der Waals surface area contributed by atoms with E-state index in [0.29, 0.717) is 24.9 Å². The number of primary amides is 1. The smallest absolute Gasteiger partial charge is 0.217 e. The average molecular weight is 434 g/mol. The molecule has 0 aliphatic carbocycles. The van der Waals surface area contributed by atoms with Crippen molar-refractivity contribution in [1.82, 2.24) is 4.98 Å². The van der Waals surface area contributed by atoms with E-state index in [0.717, 1.165) is 38.4 Å². The fourth-order valence-corrected chi connectivity index (χ4v) is 5.86. The number of amides is 1. The Kier molecular flexibility index (Phi) is 6.19. The van der Waals surface area contributed by atoms with Crippen molar-refractivity contribution < 1.29 is 4.79 Å². The lowest BCUT2D eigenvalue weighted by Crippen LogP contribution is -2.50. The lowest BCUT2D eigenvalue weighted by atomic mass is 9.95. The standard InChI is InChI=1S/C26H35N5O/c27-25(32)10-9-20-6-4-7-22(18-20)30-16-5-8-23-24(30)12-17-31(23)26-19-21(11-13-28-26)29-14-2-1-3-15-29/h4,6-7,11,13,18-19,23-24H,1-3,5,8-10,12,14-17H2,(H2,27,32). The number of nitrogens with zero attached hydrogens (tertiary/aromatic N) is 4. The maximum atomic E-state index is 11.2. The highest BCUT2D eigenvalue weighted by molar-refractivity contribution is 5.74. The number of hydrogen-bond acceptors (Lipinski definition) is 5. The van der Waals surface area contributed by atoms with Crippen LogP contribution in [0.15, 0.2) is 42.6 Å². The molecular formula is C26H35N5O. The molecule has 2 atom stereocenters. The minimum absolute atomic E-state index is 0.237. The first-order chi connectivity index (χ1) is 15.7. The van der Waals surface area contributed by atoms with Gasteiger partial charge in [-0.1, -0.05) is 12.1 Å². The number of carbonyl (C=O) groups is 1. The first-order valence-electron chi connectivity index (χ1n) is 12.3. The van der Waals surface area contributed by atoms with Crippen LogP contribution in [0.25, 0.3) is 0 Å². The molecule has 3 aliphatic rings. The van der Waals surface area contributed by atoms with Gasteiger partial charge in [-0.15, -0.1) is 0 Å². The van der Waals surface area contributed by atoms with Crippen LogP contribution < -0.4 is 20.4 Å². The summed E-state index contributed by atoms with van der Waals surface area (Å²) in [7, 11) is 0. The van der Waals surface area contributed by atoms with Crippen molar-refractivity contribution >= 4 is 23.1 Å². The number of carbonyl (C=O) groups excluding carboxylic acids is 1. The Morgan fingerprint density at radius 1 is 0.906 bits per heavy atom. The first kappa shape index (κ1) is 21.1. The van der Waals surface area contributed by atoms with Crippen LogP contribution >= 0.6 is 0 Å². The normalized spacial score (nSPS) is 23.3. The van der Waals surface area contributed by atoms with Crippen LogP contribution in [0.1, 0.15) is 50.5 Å². The van der Waals surface area contributed by atoms with Crippen LogP contribution in [0.2, 0.25) is 0 Å². The molecule has 170 valence electrons. The lowest BCUT2D eigenvalue weighted by Gasteiger charge is -2.42. The second-order valence-corrected chi connectivity index (χ2v) is 9.51. The van der Waals surface area contributed by atoms with Gasteiger partial charge in [-0.3, -0.25) is 4.79 Å². The van der Waals surface area contributed by atoms with E-state index in [2.05, 4.69) is 51.1 Å². The number of rotatable bonds is 6. The predicted octanol–water partition coefficient (Wildman–Crippen LogP) is 3.74. The van der Waals surface area contributed by atoms with E-state index in [9.17, 15) is 4.79 Å². The van der Waals surface area contributed by atoms with Crippen LogP contribution in [0, 0.1) is 0 Å². The van der Waals surface area contributed by atoms with Crippen LogP contribution in [-0.4, -0.2) is 49.2 Å². The van der Waals surface area contributed by atoms with Crippen LogP contribution in [0.5, 0.6) is 0 Å². The first-order valence-corrected chi connectivity index (χ1v) is 12.3. The van der Waals surface area contributed by atoms with Crippen molar-refractivity contribution in [3.8, 4) is 0 Å². The molecule has 2 aromatic rings. The van der Waals surface area contributed by atoms with E-state index < -0.39 is 0 Å². The van der Waals surface area contributed by atoms with Gasteiger partial charge in [0.2, 0.25) is 5.91 Å². The molecule has 2 unspecified atom stereocenters. The number of benzene rings is 1. The fourth-order valence-electron chi connectivity index (χ4n) is 5.86. The molecule has 32 heavy (non-hydrogen) atoms. The van der Waals surface area contributed by atoms with Crippen molar-refractivity contribution in [3.05, 3.63) is 48.2 Å². The molecule has 3 fully saturated rings. The molecule has 3 saturated heterocycles. The number of anilines is 3. The number of pyridine rings is 1. The lowest BCUT2D eigenvalue weighted by molar-refractivity contribution is -0.117. The van der Waals surface area contributed by atoms with Gasteiger partial charge < -0.3 is 20.4 Å². The summed E-state index contributed by atoms with van der Waals surface area (Å²) in [5.74, 6) is 0.900. The van der Waals surface area contributed by atoms with Gasteiger partial charge in [-0.25, -0.2) is 4.98 Å². The monoisotopic (exact) mass is 433 g/mol. The van der Waals surface area contributed by atoms with Gasteiger partial charge >= 0.3 is 0 Å². The van der Waals surface area contributed by atoms with Crippen LogP contribution in [0.3, 0.4) is 0 Å². The Bertz CT molecular complexity index is 941. The Balaban J connectivity index is 1.33. The molecule has 0 saturated carbocycles. The molecule has 5 rings (SSSR count). The summed E-state index contributed by atoms with van der Waals surface area (Å²) in [6.45, 7) is 4.48. The molecule has 1 amide bonds. The van der Waals surface area contributed by atoms with Gasteiger partial charge in [0.15, 0.2) is 0 Å². The van der Waals surface area contributed by atoms with Gasteiger partial charge in [-0.05, 0) is 68.7 Å². The molecule has 6 nitrogen and oxygen atoms in total. The van der Waals surface area contributed by atoms with E-state index in [1.807, 2.05) is 6.20 Å². The number of fused-ring (bicyclic) bond motifs is 1. The summed E-state index contributed by atoms with van der Waals surface area (Å²) >= 11 is 0.